The molecule has 118 valence electrons. The molecule has 0 unspecified atom stereocenters. The highest BCUT2D eigenvalue weighted by atomic mass is 32.2. The number of hydrogen-bond donors (Lipinski definition) is 2. The molecule has 1 heterocycles. The maximum Gasteiger partial charge on any atom is 0.241 e. The fraction of sp³-hybridized carbons (Fsp3) is 0.733. The van der Waals surface area contributed by atoms with Gasteiger partial charge in [-0.2, -0.15) is 0 Å². The van der Waals surface area contributed by atoms with E-state index in [9.17, 15) is 8.42 Å². The van der Waals surface area contributed by atoms with Crippen LogP contribution in [0.2, 0.25) is 0 Å². The molecule has 0 aliphatic heterocycles. The van der Waals surface area contributed by atoms with Crippen LogP contribution in [0.4, 0.5) is 0 Å². The van der Waals surface area contributed by atoms with E-state index in [0.717, 1.165) is 24.3 Å². The van der Waals surface area contributed by atoms with Crippen LogP contribution in [0.1, 0.15) is 49.8 Å². The van der Waals surface area contributed by atoms with Crippen molar-refractivity contribution in [2.75, 3.05) is 6.54 Å². The normalized spacial score (nSPS) is 20.8. The Balaban J connectivity index is 1.53. The summed E-state index contributed by atoms with van der Waals surface area (Å²) in [6.45, 7) is 1.38. The predicted molar refractivity (Wildman–Crippen MR) is 85.9 cm³/mol. The summed E-state index contributed by atoms with van der Waals surface area (Å²) in [5.74, 6) is 0.517. The Hall–Kier alpha value is -0.430. The zero-order valence-electron chi connectivity index (χ0n) is 12.3. The van der Waals surface area contributed by atoms with Gasteiger partial charge in [-0.1, -0.05) is 19.3 Å². The Morgan fingerprint density at radius 2 is 1.90 bits per heavy atom. The molecule has 2 N–H and O–H groups in total. The second kappa shape index (κ2) is 6.77. The first-order valence-electron chi connectivity index (χ1n) is 7.94. The lowest BCUT2D eigenvalue weighted by atomic mass is 9.90. The summed E-state index contributed by atoms with van der Waals surface area (Å²) in [7, 11) is -3.33. The molecule has 2 fully saturated rings. The van der Waals surface area contributed by atoms with E-state index < -0.39 is 10.0 Å². The predicted octanol–water partition coefficient (Wildman–Crippen LogP) is 2.86. The molecule has 3 rings (SSSR count). The van der Waals surface area contributed by atoms with Gasteiger partial charge in [-0.15, -0.1) is 11.3 Å². The molecule has 0 aromatic carbocycles. The summed E-state index contributed by atoms with van der Waals surface area (Å²) in [6.07, 6.45) is 8.58. The molecule has 4 nitrogen and oxygen atoms in total. The fourth-order valence-electron chi connectivity index (χ4n) is 2.83. The number of sulfonamides is 1. The molecule has 0 atom stereocenters. The van der Waals surface area contributed by atoms with Crippen LogP contribution >= 0.6 is 11.3 Å². The van der Waals surface area contributed by atoms with Gasteiger partial charge in [0.1, 0.15) is 0 Å². The van der Waals surface area contributed by atoms with Crippen LogP contribution in [-0.2, 0) is 16.6 Å². The largest absolute Gasteiger partial charge is 0.309 e. The first kappa shape index (κ1) is 15.5. The lowest BCUT2D eigenvalue weighted by Crippen LogP contribution is -2.30. The molecule has 0 amide bonds. The highest BCUT2D eigenvalue weighted by molar-refractivity contribution is 7.89. The minimum absolute atomic E-state index is 0.427. The molecule has 0 bridgehead atoms. The topological polar surface area (TPSA) is 58.2 Å². The molecule has 6 heteroatoms. The van der Waals surface area contributed by atoms with Crippen molar-refractivity contribution in [2.24, 2.45) is 5.92 Å². The Kier molecular flexibility index (Phi) is 4.99. The van der Waals surface area contributed by atoms with Gasteiger partial charge in [0.2, 0.25) is 10.0 Å². The average molecular weight is 329 g/mol. The van der Waals surface area contributed by atoms with Gasteiger partial charge in [0.05, 0.1) is 4.90 Å². The van der Waals surface area contributed by atoms with Crippen LogP contribution in [0.5, 0.6) is 0 Å². The lowest BCUT2D eigenvalue weighted by molar-refractivity contribution is 0.357. The van der Waals surface area contributed by atoms with E-state index in [-0.39, 0.29) is 0 Å². The third-order valence-electron chi connectivity index (χ3n) is 4.37. The van der Waals surface area contributed by atoms with Crippen molar-refractivity contribution in [1.29, 1.82) is 0 Å². The van der Waals surface area contributed by atoms with Gasteiger partial charge in [0.15, 0.2) is 0 Å². The third-order valence-corrected chi connectivity index (χ3v) is 6.86. The van der Waals surface area contributed by atoms with Gasteiger partial charge in [-0.25, -0.2) is 13.1 Å². The van der Waals surface area contributed by atoms with Crippen molar-refractivity contribution >= 4 is 21.4 Å². The van der Waals surface area contributed by atoms with Crippen LogP contribution in [0.3, 0.4) is 0 Å². The smallest absolute Gasteiger partial charge is 0.241 e. The maximum atomic E-state index is 12.3. The Morgan fingerprint density at radius 1 is 1.14 bits per heavy atom. The lowest BCUT2D eigenvalue weighted by Gasteiger charge is -2.21. The van der Waals surface area contributed by atoms with Crippen molar-refractivity contribution in [3.63, 3.8) is 0 Å². The highest BCUT2D eigenvalue weighted by Crippen LogP contribution is 2.25. The van der Waals surface area contributed by atoms with E-state index in [1.807, 2.05) is 6.07 Å². The van der Waals surface area contributed by atoms with Gasteiger partial charge in [-0.3, -0.25) is 0 Å². The zero-order valence-corrected chi connectivity index (χ0v) is 13.9. The molecular weight excluding hydrogens is 304 g/mol. The first-order valence-corrected chi connectivity index (χ1v) is 10.3. The average Bonchev–Trinajstić information content (AvgIpc) is 3.20. The molecule has 21 heavy (non-hydrogen) atoms. The standard InChI is InChI=1S/C15H24N2O2S2/c18-21(19,17-9-12-4-2-1-3-5-12)15-8-14(20-11-15)10-16-13-6-7-13/h8,11-13,16-17H,1-7,9-10H2. The molecule has 0 spiro atoms. The van der Waals surface area contributed by atoms with Crippen LogP contribution in [0.15, 0.2) is 16.3 Å². The van der Waals surface area contributed by atoms with Crippen LogP contribution in [-0.4, -0.2) is 21.0 Å². The SMILES string of the molecule is O=S(=O)(NCC1CCCCC1)c1csc(CNC2CC2)c1. The third kappa shape index (κ3) is 4.52. The molecule has 2 saturated carbocycles. The summed E-state index contributed by atoms with van der Waals surface area (Å²) in [4.78, 5) is 1.52. The maximum absolute atomic E-state index is 12.3. The van der Waals surface area contributed by atoms with Crippen molar-refractivity contribution in [3.8, 4) is 0 Å². The Labute approximate surface area is 131 Å². The number of hydrogen-bond acceptors (Lipinski definition) is 4. The highest BCUT2D eigenvalue weighted by Gasteiger charge is 2.22. The van der Waals surface area contributed by atoms with E-state index in [4.69, 9.17) is 0 Å². The monoisotopic (exact) mass is 328 g/mol. The van der Waals surface area contributed by atoms with Crippen LogP contribution in [0, 0.1) is 5.92 Å². The molecule has 2 aliphatic rings. The fourth-order valence-corrected chi connectivity index (χ4v) is 5.17. The molecular formula is C15H24N2O2S2. The molecule has 2 aliphatic carbocycles. The second-order valence-corrected chi connectivity index (χ2v) is 9.02. The van der Waals surface area contributed by atoms with Crippen molar-refractivity contribution in [1.82, 2.24) is 10.0 Å². The number of rotatable bonds is 7. The summed E-state index contributed by atoms with van der Waals surface area (Å²) >= 11 is 1.53. The van der Waals surface area contributed by atoms with Gasteiger partial charge < -0.3 is 5.32 Å². The van der Waals surface area contributed by atoms with E-state index in [1.165, 1.54) is 43.4 Å². The minimum atomic E-state index is -3.33. The number of thiophene rings is 1. The van der Waals surface area contributed by atoms with Crippen LogP contribution < -0.4 is 10.0 Å². The van der Waals surface area contributed by atoms with E-state index in [0.29, 0.717) is 23.4 Å². The van der Waals surface area contributed by atoms with Crippen molar-refractivity contribution in [3.05, 3.63) is 16.3 Å². The molecule has 1 aromatic rings. The Bertz CT molecular complexity index is 558. The summed E-state index contributed by atoms with van der Waals surface area (Å²) in [5, 5.41) is 5.17. The first-order chi connectivity index (χ1) is 10.1. The van der Waals surface area contributed by atoms with Crippen molar-refractivity contribution in [2.45, 2.75) is 62.4 Å². The number of nitrogens with one attached hydrogen (secondary N) is 2. The minimum Gasteiger partial charge on any atom is -0.309 e. The van der Waals surface area contributed by atoms with Gasteiger partial charge in [-0.05, 0) is 37.7 Å². The molecule has 1 aromatic heterocycles. The molecule has 0 saturated heterocycles. The summed E-state index contributed by atoms with van der Waals surface area (Å²) in [5.41, 5.74) is 0. The summed E-state index contributed by atoms with van der Waals surface area (Å²) < 4.78 is 27.4. The Morgan fingerprint density at radius 3 is 2.62 bits per heavy atom. The summed E-state index contributed by atoms with van der Waals surface area (Å²) in [6, 6.07) is 2.46. The molecule has 0 radical (unpaired) electrons. The van der Waals surface area contributed by atoms with Crippen molar-refractivity contribution < 1.29 is 8.42 Å². The van der Waals surface area contributed by atoms with Crippen LogP contribution in [0.25, 0.3) is 0 Å². The quantitative estimate of drug-likeness (QED) is 0.809. The van der Waals surface area contributed by atoms with Gasteiger partial charge in [0.25, 0.3) is 0 Å². The van der Waals surface area contributed by atoms with E-state index in [2.05, 4.69) is 10.0 Å². The van der Waals surface area contributed by atoms with Gasteiger partial charge in [0, 0.05) is 29.4 Å². The van der Waals surface area contributed by atoms with Gasteiger partial charge >= 0.3 is 0 Å². The second-order valence-electron chi connectivity index (χ2n) is 6.26. The van der Waals surface area contributed by atoms with E-state index >= 15 is 0 Å². The van der Waals surface area contributed by atoms with E-state index in [1.54, 1.807) is 5.38 Å². The zero-order chi connectivity index (χ0) is 14.7.